The summed E-state index contributed by atoms with van der Waals surface area (Å²) in [6.07, 6.45) is 0. The van der Waals surface area contributed by atoms with E-state index in [1.807, 2.05) is 42.5 Å². The van der Waals surface area contributed by atoms with Crippen LogP contribution in [-0.2, 0) is 22.7 Å². The molecular formula is C20H22N4O2. The van der Waals surface area contributed by atoms with Crippen LogP contribution >= 0.6 is 0 Å². The molecule has 2 heterocycles. The number of amides is 1. The van der Waals surface area contributed by atoms with Crippen molar-refractivity contribution in [2.75, 3.05) is 18.5 Å². The second-order valence-electron chi connectivity index (χ2n) is 6.56. The van der Waals surface area contributed by atoms with Gasteiger partial charge in [0.1, 0.15) is 12.4 Å². The van der Waals surface area contributed by atoms with E-state index in [1.54, 1.807) is 0 Å². The minimum absolute atomic E-state index is 0.0588. The highest BCUT2D eigenvalue weighted by Crippen LogP contribution is 2.25. The van der Waals surface area contributed by atoms with Gasteiger partial charge in [0.15, 0.2) is 0 Å². The Morgan fingerprint density at radius 3 is 2.85 bits per heavy atom. The molecular weight excluding hydrogens is 328 g/mol. The number of benzene rings is 2. The first-order valence-corrected chi connectivity index (χ1v) is 8.81. The SMILES string of the molecule is CC(=O)Nc1ccc(CNCC2COCc3nc4ccccc4n32)cc1. The van der Waals surface area contributed by atoms with E-state index in [0.717, 1.165) is 35.6 Å². The first kappa shape index (κ1) is 16.8. The van der Waals surface area contributed by atoms with Gasteiger partial charge in [-0.1, -0.05) is 24.3 Å². The van der Waals surface area contributed by atoms with Gasteiger partial charge in [0, 0.05) is 25.7 Å². The molecule has 0 saturated carbocycles. The summed E-state index contributed by atoms with van der Waals surface area (Å²) in [4.78, 5) is 15.8. The first-order chi connectivity index (χ1) is 12.7. The molecule has 2 N–H and O–H groups in total. The summed E-state index contributed by atoms with van der Waals surface area (Å²) in [5, 5.41) is 6.29. The average molecular weight is 350 g/mol. The molecule has 0 spiro atoms. The van der Waals surface area contributed by atoms with Crippen LogP contribution in [0.15, 0.2) is 48.5 Å². The van der Waals surface area contributed by atoms with Crippen molar-refractivity contribution in [1.82, 2.24) is 14.9 Å². The lowest BCUT2D eigenvalue weighted by atomic mass is 10.2. The van der Waals surface area contributed by atoms with E-state index >= 15 is 0 Å². The summed E-state index contributed by atoms with van der Waals surface area (Å²) in [7, 11) is 0. The molecule has 6 nitrogen and oxygen atoms in total. The zero-order valence-electron chi connectivity index (χ0n) is 14.7. The number of carbonyl (C=O) groups excluding carboxylic acids is 1. The van der Waals surface area contributed by atoms with Gasteiger partial charge in [-0.3, -0.25) is 4.79 Å². The molecule has 26 heavy (non-hydrogen) atoms. The minimum Gasteiger partial charge on any atom is -0.371 e. The van der Waals surface area contributed by atoms with Crippen molar-refractivity contribution in [2.45, 2.75) is 26.1 Å². The van der Waals surface area contributed by atoms with Gasteiger partial charge < -0.3 is 19.9 Å². The maximum Gasteiger partial charge on any atom is 0.221 e. The highest BCUT2D eigenvalue weighted by molar-refractivity contribution is 5.88. The molecule has 2 aromatic carbocycles. The summed E-state index contributed by atoms with van der Waals surface area (Å²) in [6, 6.07) is 16.3. The Bertz CT molecular complexity index is 917. The summed E-state index contributed by atoms with van der Waals surface area (Å²) in [5.74, 6) is 0.931. The molecule has 1 amide bonds. The fourth-order valence-corrected chi connectivity index (χ4v) is 3.41. The number of carbonyl (C=O) groups is 1. The zero-order chi connectivity index (χ0) is 17.9. The minimum atomic E-state index is -0.0588. The van der Waals surface area contributed by atoms with Crippen LogP contribution in [0.25, 0.3) is 11.0 Å². The second-order valence-corrected chi connectivity index (χ2v) is 6.56. The van der Waals surface area contributed by atoms with Crippen molar-refractivity contribution in [3.63, 3.8) is 0 Å². The summed E-state index contributed by atoms with van der Waals surface area (Å²) >= 11 is 0. The van der Waals surface area contributed by atoms with Crippen LogP contribution in [0, 0.1) is 0 Å². The topological polar surface area (TPSA) is 68.2 Å². The van der Waals surface area contributed by atoms with E-state index in [9.17, 15) is 4.79 Å². The lowest BCUT2D eigenvalue weighted by Crippen LogP contribution is -2.32. The van der Waals surface area contributed by atoms with E-state index in [2.05, 4.69) is 26.3 Å². The molecule has 0 saturated heterocycles. The van der Waals surface area contributed by atoms with Gasteiger partial charge in [-0.15, -0.1) is 0 Å². The molecule has 0 radical (unpaired) electrons. The number of hydrogen-bond acceptors (Lipinski definition) is 4. The van der Waals surface area contributed by atoms with Gasteiger partial charge in [0.05, 0.1) is 23.7 Å². The molecule has 1 aromatic heterocycles. The second kappa shape index (κ2) is 7.27. The maximum absolute atomic E-state index is 11.1. The number of imidazole rings is 1. The van der Waals surface area contributed by atoms with Crippen molar-refractivity contribution in [1.29, 1.82) is 0 Å². The van der Waals surface area contributed by atoms with E-state index in [0.29, 0.717) is 13.2 Å². The molecule has 0 fully saturated rings. The standard InChI is InChI=1S/C20H22N4O2/c1-14(25)22-16-8-6-15(7-9-16)10-21-11-17-12-26-13-20-23-18-4-2-3-5-19(18)24(17)20/h2-9,17,21H,10-13H2,1H3,(H,22,25). The van der Waals surface area contributed by atoms with E-state index in [-0.39, 0.29) is 11.9 Å². The van der Waals surface area contributed by atoms with Crippen molar-refractivity contribution in [3.8, 4) is 0 Å². The lowest BCUT2D eigenvalue weighted by Gasteiger charge is -2.26. The number of para-hydroxylation sites is 2. The Labute approximate surface area is 152 Å². The van der Waals surface area contributed by atoms with Crippen LogP contribution in [0.3, 0.4) is 0 Å². The molecule has 1 aliphatic rings. The third kappa shape index (κ3) is 3.47. The number of rotatable bonds is 5. The molecule has 3 aromatic rings. The van der Waals surface area contributed by atoms with E-state index in [1.165, 1.54) is 12.5 Å². The predicted octanol–water partition coefficient (Wildman–Crippen LogP) is 2.86. The molecule has 1 aliphatic heterocycles. The van der Waals surface area contributed by atoms with Crippen LogP contribution in [-0.4, -0.2) is 28.6 Å². The summed E-state index contributed by atoms with van der Waals surface area (Å²) in [5.41, 5.74) is 4.17. The molecule has 0 bridgehead atoms. The molecule has 0 aliphatic carbocycles. The third-order valence-electron chi connectivity index (χ3n) is 4.56. The largest absolute Gasteiger partial charge is 0.371 e. The van der Waals surface area contributed by atoms with Crippen molar-refractivity contribution < 1.29 is 9.53 Å². The van der Waals surface area contributed by atoms with Crippen LogP contribution in [0.2, 0.25) is 0 Å². The zero-order valence-corrected chi connectivity index (χ0v) is 14.7. The van der Waals surface area contributed by atoms with Gasteiger partial charge in [0.25, 0.3) is 0 Å². The van der Waals surface area contributed by atoms with E-state index < -0.39 is 0 Å². The molecule has 4 rings (SSSR count). The van der Waals surface area contributed by atoms with Crippen LogP contribution in [0.1, 0.15) is 24.4 Å². The Balaban J connectivity index is 1.41. The average Bonchev–Trinajstić information content (AvgIpc) is 3.02. The van der Waals surface area contributed by atoms with Crippen LogP contribution < -0.4 is 10.6 Å². The van der Waals surface area contributed by atoms with Gasteiger partial charge in [-0.05, 0) is 29.8 Å². The first-order valence-electron chi connectivity index (χ1n) is 8.81. The number of nitrogens with one attached hydrogen (secondary N) is 2. The van der Waals surface area contributed by atoms with Gasteiger partial charge >= 0.3 is 0 Å². The van der Waals surface area contributed by atoms with Crippen LogP contribution in [0.5, 0.6) is 0 Å². The normalized spacial score (nSPS) is 16.4. The van der Waals surface area contributed by atoms with Gasteiger partial charge in [-0.2, -0.15) is 0 Å². The van der Waals surface area contributed by atoms with Crippen molar-refractivity contribution in [3.05, 3.63) is 59.9 Å². The molecule has 134 valence electrons. The Morgan fingerprint density at radius 2 is 2.04 bits per heavy atom. The van der Waals surface area contributed by atoms with Gasteiger partial charge in [0.2, 0.25) is 5.91 Å². The Hall–Kier alpha value is -2.70. The molecule has 6 heteroatoms. The monoisotopic (exact) mass is 350 g/mol. The number of anilines is 1. The molecule has 1 atom stereocenters. The number of ether oxygens (including phenoxy) is 1. The smallest absolute Gasteiger partial charge is 0.221 e. The number of fused-ring (bicyclic) bond motifs is 3. The number of nitrogens with zero attached hydrogens (tertiary/aromatic N) is 2. The summed E-state index contributed by atoms with van der Waals surface area (Å²) in [6.45, 7) is 4.33. The van der Waals surface area contributed by atoms with Crippen molar-refractivity contribution >= 4 is 22.6 Å². The maximum atomic E-state index is 11.1. The predicted molar refractivity (Wildman–Crippen MR) is 101 cm³/mol. The Kier molecular flexibility index (Phi) is 4.69. The fourth-order valence-electron chi connectivity index (χ4n) is 3.41. The fraction of sp³-hybridized carbons (Fsp3) is 0.300. The van der Waals surface area contributed by atoms with Crippen molar-refractivity contribution in [2.24, 2.45) is 0 Å². The lowest BCUT2D eigenvalue weighted by molar-refractivity contribution is -0.114. The summed E-state index contributed by atoms with van der Waals surface area (Å²) < 4.78 is 8.03. The van der Waals surface area contributed by atoms with Gasteiger partial charge in [-0.25, -0.2) is 4.98 Å². The highest BCUT2D eigenvalue weighted by atomic mass is 16.5. The third-order valence-corrected chi connectivity index (χ3v) is 4.56. The molecule has 1 unspecified atom stereocenters. The van der Waals surface area contributed by atoms with Crippen LogP contribution in [0.4, 0.5) is 5.69 Å². The quantitative estimate of drug-likeness (QED) is 0.742. The number of hydrogen-bond donors (Lipinski definition) is 2. The van der Waals surface area contributed by atoms with E-state index in [4.69, 9.17) is 4.74 Å². The Morgan fingerprint density at radius 1 is 1.23 bits per heavy atom. The highest BCUT2D eigenvalue weighted by Gasteiger charge is 2.23. The number of aromatic nitrogens is 2.